The van der Waals surface area contributed by atoms with Crippen molar-refractivity contribution in [1.29, 1.82) is 0 Å². The molecule has 1 aliphatic heterocycles. The van der Waals surface area contributed by atoms with Gasteiger partial charge in [-0.25, -0.2) is 0 Å². The molecule has 64 valence electrons. The van der Waals surface area contributed by atoms with Crippen LogP contribution in [0.4, 0.5) is 0 Å². The van der Waals surface area contributed by atoms with Gasteiger partial charge in [-0.2, -0.15) is 0 Å². The molecule has 0 radical (unpaired) electrons. The Balaban J connectivity index is 2.06. The van der Waals surface area contributed by atoms with Crippen molar-refractivity contribution in [3.63, 3.8) is 0 Å². The van der Waals surface area contributed by atoms with E-state index in [4.69, 9.17) is 4.74 Å². The van der Waals surface area contributed by atoms with E-state index in [1.807, 2.05) is 0 Å². The number of ether oxygens (including phenoxy) is 1. The molecule has 1 heteroatoms. The Morgan fingerprint density at radius 2 is 1.91 bits per heavy atom. The lowest BCUT2D eigenvalue weighted by Gasteiger charge is -2.59. The Labute approximate surface area is 69.1 Å². The minimum absolute atomic E-state index is 0.502. The Kier molecular flexibility index (Phi) is 1.39. The van der Waals surface area contributed by atoms with Gasteiger partial charge in [0.2, 0.25) is 0 Å². The van der Waals surface area contributed by atoms with Gasteiger partial charge in [0.25, 0.3) is 0 Å². The Morgan fingerprint density at radius 1 is 1.27 bits per heavy atom. The standard InChI is InChI=1S/C10H18O/c1-9(2,3)8-4-5-10(8)6-11-7-10/h8H,4-7H2,1-3H3. The van der Waals surface area contributed by atoms with Crippen molar-refractivity contribution >= 4 is 0 Å². The first-order valence-electron chi connectivity index (χ1n) is 4.62. The lowest BCUT2D eigenvalue weighted by molar-refractivity contribution is -0.219. The van der Waals surface area contributed by atoms with Crippen molar-refractivity contribution in [2.24, 2.45) is 16.7 Å². The molecule has 0 aromatic rings. The van der Waals surface area contributed by atoms with E-state index in [9.17, 15) is 0 Å². The maximum absolute atomic E-state index is 5.31. The molecule has 2 aliphatic rings. The maximum atomic E-state index is 5.31. The van der Waals surface area contributed by atoms with Crippen LogP contribution in [0, 0.1) is 16.7 Å². The van der Waals surface area contributed by atoms with Gasteiger partial charge < -0.3 is 4.74 Å². The smallest absolute Gasteiger partial charge is 0.0547 e. The molecule has 11 heavy (non-hydrogen) atoms. The van der Waals surface area contributed by atoms with Crippen molar-refractivity contribution < 1.29 is 4.74 Å². The molecule has 1 unspecified atom stereocenters. The number of hydrogen-bond donors (Lipinski definition) is 0. The van der Waals surface area contributed by atoms with Gasteiger partial charge in [0, 0.05) is 5.41 Å². The molecule has 2 fully saturated rings. The first kappa shape index (κ1) is 7.60. The van der Waals surface area contributed by atoms with Crippen molar-refractivity contribution in [2.75, 3.05) is 13.2 Å². The summed E-state index contributed by atoms with van der Waals surface area (Å²) in [6.45, 7) is 9.15. The normalized spacial score (nSPS) is 34.6. The highest BCUT2D eigenvalue weighted by atomic mass is 16.5. The molecule has 1 heterocycles. The second-order valence-electron chi connectivity index (χ2n) is 5.31. The lowest BCUT2D eigenvalue weighted by atomic mass is 9.51. The van der Waals surface area contributed by atoms with Crippen LogP contribution in [0.5, 0.6) is 0 Å². The summed E-state index contributed by atoms with van der Waals surface area (Å²) in [5, 5.41) is 0. The van der Waals surface area contributed by atoms with E-state index in [0.29, 0.717) is 10.8 Å². The Morgan fingerprint density at radius 3 is 2.00 bits per heavy atom. The molecule has 1 atom stereocenters. The van der Waals surface area contributed by atoms with Crippen LogP contribution in [0.15, 0.2) is 0 Å². The van der Waals surface area contributed by atoms with Crippen molar-refractivity contribution in [3.05, 3.63) is 0 Å². The lowest BCUT2D eigenvalue weighted by Crippen LogP contribution is -2.58. The zero-order valence-corrected chi connectivity index (χ0v) is 7.81. The summed E-state index contributed by atoms with van der Waals surface area (Å²) in [7, 11) is 0. The number of rotatable bonds is 0. The van der Waals surface area contributed by atoms with Gasteiger partial charge in [-0.15, -0.1) is 0 Å². The highest BCUT2D eigenvalue weighted by Crippen LogP contribution is 2.58. The predicted octanol–water partition coefficient (Wildman–Crippen LogP) is 2.46. The minimum atomic E-state index is 0.502. The molecular formula is C10H18O. The van der Waals surface area contributed by atoms with Crippen LogP contribution >= 0.6 is 0 Å². The minimum Gasteiger partial charge on any atom is -0.380 e. The van der Waals surface area contributed by atoms with Crippen molar-refractivity contribution in [2.45, 2.75) is 33.6 Å². The fourth-order valence-electron chi connectivity index (χ4n) is 2.76. The summed E-state index contributed by atoms with van der Waals surface area (Å²) in [4.78, 5) is 0. The van der Waals surface area contributed by atoms with Crippen LogP contribution < -0.4 is 0 Å². The fourth-order valence-corrected chi connectivity index (χ4v) is 2.76. The first-order chi connectivity index (χ1) is 5.05. The van der Waals surface area contributed by atoms with Crippen LogP contribution in [0.25, 0.3) is 0 Å². The van der Waals surface area contributed by atoms with E-state index < -0.39 is 0 Å². The van der Waals surface area contributed by atoms with Gasteiger partial charge in [0.1, 0.15) is 0 Å². The van der Waals surface area contributed by atoms with Gasteiger partial charge in [0.15, 0.2) is 0 Å². The first-order valence-corrected chi connectivity index (χ1v) is 4.62. The van der Waals surface area contributed by atoms with Crippen molar-refractivity contribution in [1.82, 2.24) is 0 Å². The van der Waals surface area contributed by atoms with E-state index in [0.717, 1.165) is 19.1 Å². The molecule has 1 nitrogen and oxygen atoms in total. The monoisotopic (exact) mass is 154 g/mol. The fraction of sp³-hybridized carbons (Fsp3) is 1.00. The van der Waals surface area contributed by atoms with Crippen LogP contribution in [-0.2, 0) is 4.74 Å². The molecule has 0 bridgehead atoms. The van der Waals surface area contributed by atoms with E-state index in [1.54, 1.807) is 0 Å². The zero-order chi connectivity index (χ0) is 8.11. The Hall–Kier alpha value is -0.0400. The number of hydrogen-bond acceptors (Lipinski definition) is 1. The highest BCUT2D eigenvalue weighted by Gasteiger charge is 2.55. The van der Waals surface area contributed by atoms with Gasteiger partial charge in [0.05, 0.1) is 13.2 Å². The molecule has 2 rings (SSSR count). The molecule has 1 saturated heterocycles. The Bertz CT molecular complexity index is 157. The summed E-state index contributed by atoms with van der Waals surface area (Å²) in [5.74, 6) is 0.920. The molecule has 0 aromatic heterocycles. The van der Waals surface area contributed by atoms with Crippen LogP contribution in [0.3, 0.4) is 0 Å². The molecular weight excluding hydrogens is 136 g/mol. The molecule has 1 saturated carbocycles. The summed E-state index contributed by atoms with van der Waals surface area (Å²) in [6.07, 6.45) is 2.84. The third-order valence-corrected chi connectivity index (χ3v) is 3.49. The summed E-state index contributed by atoms with van der Waals surface area (Å²) >= 11 is 0. The van der Waals surface area contributed by atoms with Crippen LogP contribution in [0.1, 0.15) is 33.6 Å². The largest absolute Gasteiger partial charge is 0.380 e. The molecule has 1 aliphatic carbocycles. The second kappa shape index (κ2) is 2.01. The quantitative estimate of drug-likeness (QED) is 0.521. The predicted molar refractivity (Wildman–Crippen MR) is 45.4 cm³/mol. The average Bonchev–Trinajstić information content (AvgIpc) is 1.49. The average molecular weight is 154 g/mol. The van der Waals surface area contributed by atoms with E-state index >= 15 is 0 Å². The van der Waals surface area contributed by atoms with Gasteiger partial charge in [-0.3, -0.25) is 0 Å². The van der Waals surface area contributed by atoms with Gasteiger partial charge >= 0.3 is 0 Å². The van der Waals surface area contributed by atoms with Crippen LogP contribution in [0.2, 0.25) is 0 Å². The summed E-state index contributed by atoms with van der Waals surface area (Å²) in [6, 6.07) is 0. The third-order valence-electron chi connectivity index (χ3n) is 3.49. The van der Waals surface area contributed by atoms with E-state index in [2.05, 4.69) is 20.8 Å². The van der Waals surface area contributed by atoms with Gasteiger partial charge in [-0.1, -0.05) is 20.8 Å². The summed E-state index contributed by atoms with van der Waals surface area (Å²) in [5.41, 5.74) is 1.13. The summed E-state index contributed by atoms with van der Waals surface area (Å²) < 4.78 is 5.31. The van der Waals surface area contributed by atoms with Crippen molar-refractivity contribution in [3.8, 4) is 0 Å². The van der Waals surface area contributed by atoms with Gasteiger partial charge in [-0.05, 0) is 24.2 Å². The molecule has 0 aromatic carbocycles. The van der Waals surface area contributed by atoms with E-state index in [-0.39, 0.29) is 0 Å². The molecule has 1 spiro atoms. The third kappa shape index (κ3) is 0.936. The maximum Gasteiger partial charge on any atom is 0.0547 e. The topological polar surface area (TPSA) is 9.23 Å². The molecule has 0 N–H and O–H groups in total. The zero-order valence-electron chi connectivity index (χ0n) is 7.81. The highest BCUT2D eigenvalue weighted by molar-refractivity contribution is 5.03. The van der Waals surface area contributed by atoms with Crippen LogP contribution in [-0.4, -0.2) is 13.2 Å². The SMILES string of the molecule is CC(C)(C)C1CCC12COC2. The van der Waals surface area contributed by atoms with E-state index in [1.165, 1.54) is 12.8 Å². The molecule has 0 amide bonds. The second-order valence-corrected chi connectivity index (χ2v) is 5.31.